The molecule has 1 N–H and O–H groups in total. The molecule has 1 aromatic heterocycles. The van der Waals surface area contributed by atoms with Gasteiger partial charge < -0.3 is 15.1 Å². The first-order valence-electron chi connectivity index (χ1n) is 7.70. The lowest BCUT2D eigenvalue weighted by atomic mass is 10.2. The lowest BCUT2D eigenvalue weighted by Gasteiger charge is -2.36. The highest BCUT2D eigenvalue weighted by Gasteiger charge is 2.21. The van der Waals surface area contributed by atoms with Crippen molar-refractivity contribution in [3.8, 4) is 0 Å². The number of piperazine rings is 1. The third-order valence-electron chi connectivity index (χ3n) is 3.83. The second-order valence-corrected chi connectivity index (χ2v) is 5.34. The topological polar surface area (TPSA) is 44.3 Å². The largest absolute Gasteiger partial charge is 0.366 e. The molecule has 1 aromatic carbocycles. The van der Waals surface area contributed by atoms with Gasteiger partial charge in [0.2, 0.25) is 5.95 Å². The molecule has 0 unspecified atom stereocenters. The molecule has 0 bridgehead atoms. The van der Waals surface area contributed by atoms with E-state index in [4.69, 9.17) is 0 Å². The van der Waals surface area contributed by atoms with Crippen molar-refractivity contribution in [2.24, 2.45) is 0 Å². The van der Waals surface area contributed by atoms with E-state index >= 15 is 0 Å². The fourth-order valence-electron chi connectivity index (χ4n) is 2.63. The summed E-state index contributed by atoms with van der Waals surface area (Å²) in [4.78, 5) is 13.0. The Morgan fingerprint density at radius 2 is 1.87 bits per heavy atom. The average molecular weight is 313 g/mol. The standard InChI is InChI=1S/C17H20FN5/c1-2-8-19-16-7-9-20-17(21-16)23-12-10-22(11-13-23)15-6-4-3-5-14(15)18/h2-7,9H,1,8,10-13H2,(H,19,20,21). The van der Waals surface area contributed by atoms with Crippen LogP contribution in [0.1, 0.15) is 0 Å². The molecule has 0 atom stereocenters. The minimum Gasteiger partial charge on any atom is -0.366 e. The lowest BCUT2D eigenvalue weighted by molar-refractivity contribution is 0.594. The molecule has 2 heterocycles. The van der Waals surface area contributed by atoms with Gasteiger partial charge in [-0.3, -0.25) is 0 Å². The maximum Gasteiger partial charge on any atom is 0.227 e. The van der Waals surface area contributed by atoms with Crippen molar-refractivity contribution in [3.63, 3.8) is 0 Å². The first kappa shape index (κ1) is 15.3. The van der Waals surface area contributed by atoms with E-state index in [2.05, 4.69) is 31.7 Å². The van der Waals surface area contributed by atoms with E-state index in [0.717, 1.165) is 32.0 Å². The van der Waals surface area contributed by atoms with Crippen molar-refractivity contribution < 1.29 is 4.39 Å². The highest BCUT2D eigenvalue weighted by atomic mass is 19.1. The van der Waals surface area contributed by atoms with Crippen molar-refractivity contribution in [1.82, 2.24) is 9.97 Å². The van der Waals surface area contributed by atoms with Gasteiger partial charge in [0, 0.05) is 38.9 Å². The second kappa shape index (κ2) is 7.09. The van der Waals surface area contributed by atoms with Gasteiger partial charge >= 0.3 is 0 Å². The summed E-state index contributed by atoms with van der Waals surface area (Å²) in [6, 6.07) is 8.73. The van der Waals surface area contributed by atoms with E-state index in [-0.39, 0.29) is 5.82 Å². The van der Waals surface area contributed by atoms with Crippen LogP contribution in [0.4, 0.5) is 21.8 Å². The molecule has 1 fully saturated rings. The highest BCUT2D eigenvalue weighted by Crippen LogP contribution is 2.21. The van der Waals surface area contributed by atoms with Gasteiger partial charge in [-0.2, -0.15) is 4.98 Å². The third kappa shape index (κ3) is 3.59. The fraction of sp³-hybridized carbons (Fsp3) is 0.294. The maximum atomic E-state index is 13.9. The number of nitrogens with one attached hydrogen (secondary N) is 1. The summed E-state index contributed by atoms with van der Waals surface area (Å²) < 4.78 is 13.9. The van der Waals surface area contributed by atoms with E-state index in [1.807, 2.05) is 18.2 Å². The number of hydrogen-bond donors (Lipinski definition) is 1. The molecule has 2 aromatic rings. The van der Waals surface area contributed by atoms with E-state index in [1.165, 1.54) is 6.07 Å². The number of nitrogens with zero attached hydrogens (tertiary/aromatic N) is 4. The van der Waals surface area contributed by atoms with E-state index in [9.17, 15) is 4.39 Å². The Morgan fingerprint density at radius 3 is 2.61 bits per heavy atom. The summed E-state index contributed by atoms with van der Waals surface area (Å²) in [5.41, 5.74) is 0.662. The summed E-state index contributed by atoms with van der Waals surface area (Å²) >= 11 is 0. The minimum atomic E-state index is -0.173. The average Bonchev–Trinajstić information content (AvgIpc) is 2.61. The van der Waals surface area contributed by atoms with E-state index in [1.54, 1.807) is 18.3 Å². The summed E-state index contributed by atoms with van der Waals surface area (Å²) in [7, 11) is 0. The van der Waals surface area contributed by atoms with Crippen LogP contribution in [0.2, 0.25) is 0 Å². The van der Waals surface area contributed by atoms with Gasteiger partial charge in [0.1, 0.15) is 11.6 Å². The Hall–Kier alpha value is -2.63. The summed E-state index contributed by atoms with van der Waals surface area (Å²) in [6.45, 7) is 7.36. The number of para-hydroxylation sites is 1. The van der Waals surface area contributed by atoms with Crippen LogP contribution in [0.5, 0.6) is 0 Å². The first-order chi connectivity index (χ1) is 11.3. The lowest BCUT2D eigenvalue weighted by Crippen LogP contribution is -2.47. The Labute approximate surface area is 135 Å². The number of hydrogen-bond acceptors (Lipinski definition) is 5. The van der Waals surface area contributed by atoms with Crippen molar-refractivity contribution in [3.05, 3.63) is 55.0 Å². The van der Waals surface area contributed by atoms with Crippen LogP contribution >= 0.6 is 0 Å². The zero-order valence-electron chi connectivity index (χ0n) is 13.0. The summed E-state index contributed by atoms with van der Waals surface area (Å²) in [6.07, 6.45) is 3.53. The molecular formula is C17H20FN5. The molecule has 6 heteroatoms. The van der Waals surface area contributed by atoms with Crippen LogP contribution in [-0.4, -0.2) is 42.7 Å². The van der Waals surface area contributed by atoms with Gasteiger partial charge in [0.25, 0.3) is 0 Å². The molecule has 120 valence electrons. The summed E-state index contributed by atoms with van der Waals surface area (Å²) in [5.74, 6) is 1.31. The number of halogens is 1. The summed E-state index contributed by atoms with van der Waals surface area (Å²) in [5, 5.41) is 3.16. The predicted molar refractivity (Wildman–Crippen MR) is 91.5 cm³/mol. The van der Waals surface area contributed by atoms with Gasteiger partial charge in [-0.15, -0.1) is 6.58 Å². The zero-order chi connectivity index (χ0) is 16.1. The van der Waals surface area contributed by atoms with E-state index < -0.39 is 0 Å². The van der Waals surface area contributed by atoms with Crippen LogP contribution in [0, 0.1) is 5.82 Å². The van der Waals surface area contributed by atoms with E-state index in [0.29, 0.717) is 18.2 Å². The Kier molecular flexibility index (Phi) is 4.71. The van der Waals surface area contributed by atoms with Crippen molar-refractivity contribution in [1.29, 1.82) is 0 Å². The molecule has 1 saturated heterocycles. The number of rotatable bonds is 5. The highest BCUT2D eigenvalue weighted by molar-refractivity contribution is 5.50. The van der Waals surface area contributed by atoms with Crippen LogP contribution < -0.4 is 15.1 Å². The molecule has 0 radical (unpaired) electrons. The first-order valence-corrected chi connectivity index (χ1v) is 7.70. The van der Waals surface area contributed by atoms with Gasteiger partial charge in [-0.1, -0.05) is 18.2 Å². The number of aromatic nitrogens is 2. The van der Waals surface area contributed by atoms with Crippen molar-refractivity contribution in [2.75, 3.05) is 47.8 Å². The Balaban J connectivity index is 1.65. The van der Waals surface area contributed by atoms with Gasteiger partial charge in [-0.05, 0) is 18.2 Å². The third-order valence-corrected chi connectivity index (χ3v) is 3.83. The second-order valence-electron chi connectivity index (χ2n) is 5.34. The quantitative estimate of drug-likeness (QED) is 0.860. The smallest absolute Gasteiger partial charge is 0.227 e. The monoisotopic (exact) mass is 313 g/mol. The van der Waals surface area contributed by atoms with Gasteiger partial charge in [-0.25, -0.2) is 9.37 Å². The normalized spacial score (nSPS) is 14.7. The zero-order valence-corrected chi connectivity index (χ0v) is 13.0. The van der Waals surface area contributed by atoms with Crippen LogP contribution in [-0.2, 0) is 0 Å². The molecular weight excluding hydrogens is 293 g/mol. The van der Waals surface area contributed by atoms with Crippen LogP contribution in [0.15, 0.2) is 49.2 Å². The molecule has 0 aliphatic carbocycles. The molecule has 0 spiro atoms. The van der Waals surface area contributed by atoms with Crippen molar-refractivity contribution in [2.45, 2.75) is 0 Å². The predicted octanol–water partition coefficient (Wildman–Crippen LogP) is 2.54. The number of anilines is 3. The van der Waals surface area contributed by atoms with Crippen molar-refractivity contribution >= 4 is 17.5 Å². The molecule has 23 heavy (non-hydrogen) atoms. The maximum absolute atomic E-state index is 13.9. The van der Waals surface area contributed by atoms with Crippen LogP contribution in [0.25, 0.3) is 0 Å². The molecule has 3 rings (SSSR count). The molecule has 0 saturated carbocycles. The molecule has 1 aliphatic heterocycles. The Morgan fingerprint density at radius 1 is 1.13 bits per heavy atom. The molecule has 0 amide bonds. The fourth-order valence-corrected chi connectivity index (χ4v) is 2.63. The van der Waals surface area contributed by atoms with Gasteiger partial charge in [0.05, 0.1) is 5.69 Å². The van der Waals surface area contributed by atoms with Gasteiger partial charge in [0.15, 0.2) is 0 Å². The minimum absolute atomic E-state index is 0.173. The van der Waals surface area contributed by atoms with Crippen LogP contribution in [0.3, 0.4) is 0 Å². The molecule has 5 nitrogen and oxygen atoms in total. The Bertz CT molecular complexity index is 668. The number of benzene rings is 1. The molecule has 1 aliphatic rings. The SMILES string of the molecule is C=CCNc1ccnc(N2CCN(c3ccccc3F)CC2)n1.